The first-order valence-electron chi connectivity index (χ1n) is 6.93. The van der Waals surface area contributed by atoms with E-state index in [1.54, 1.807) is 13.4 Å². The smallest absolute Gasteiger partial charge is 0.224 e. The van der Waals surface area contributed by atoms with Crippen LogP contribution >= 0.6 is 0 Å². The Bertz CT molecular complexity index is 594. The van der Waals surface area contributed by atoms with E-state index in [0.717, 1.165) is 23.8 Å². The third-order valence-electron chi connectivity index (χ3n) is 3.89. The van der Waals surface area contributed by atoms with Gasteiger partial charge in [0.1, 0.15) is 5.52 Å². The number of methoxy groups -OCH3 is 1. The first kappa shape index (κ1) is 13.1. The number of nitrogens with two attached hydrogens (primary N) is 1. The number of H-pyrrole nitrogens is 1. The Morgan fingerprint density at radius 1 is 1.50 bits per heavy atom. The molecule has 0 spiro atoms. The minimum Gasteiger partial charge on any atom is -0.383 e. The van der Waals surface area contributed by atoms with Crippen LogP contribution in [0.25, 0.3) is 11.2 Å². The van der Waals surface area contributed by atoms with Gasteiger partial charge in [-0.05, 0) is 25.7 Å². The molecule has 0 radical (unpaired) electrons. The van der Waals surface area contributed by atoms with E-state index in [1.165, 1.54) is 12.8 Å². The topological polar surface area (TPSA) is 92.9 Å². The zero-order chi connectivity index (χ0) is 14.1. The summed E-state index contributed by atoms with van der Waals surface area (Å²) in [5.41, 5.74) is 7.25. The summed E-state index contributed by atoms with van der Waals surface area (Å²) < 4.78 is 5.23. The van der Waals surface area contributed by atoms with Crippen LogP contribution in [0.3, 0.4) is 0 Å². The lowest BCUT2D eigenvalue weighted by Crippen LogP contribution is -2.38. The number of anilines is 2. The highest BCUT2D eigenvalue weighted by Gasteiger charge is 2.33. The van der Waals surface area contributed by atoms with Crippen molar-refractivity contribution < 1.29 is 4.74 Å². The maximum Gasteiger partial charge on any atom is 0.224 e. The minimum atomic E-state index is 0.255. The fourth-order valence-electron chi connectivity index (χ4n) is 2.57. The van der Waals surface area contributed by atoms with Crippen molar-refractivity contribution in [1.82, 2.24) is 19.9 Å². The van der Waals surface area contributed by atoms with E-state index in [4.69, 9.17) is 10.5 Å². The fraction of sp³-hybridized carbons (Fsp3) is 0.615. The van der Waals surface area contributed by atoms with Crippen molar-refractivity contribution in [2.24, 2.45) is 5.92 Å². The van der Waals surface area contributed by atoms with Gasteiger partial charge in [-0.25, -0.2) is 4.98 Å². The van der Waals surface area contributed by atoms with Gasteiger partial charge in [0.25, 0.3) is 0 Å². The number of ether oxygens (including phenoxy) is 1. The number of rotatable bonds is 6. The summed E-state index contributed by atoms with van der Waals surface area (Å²) in [4.78, 5) is 18.1. The first-order valence-corrected chi connectivity index (χ1v) is 6.93. The van der Waals surface area contributed by atoms with Crippen LogP contribution in [-0.4, -0.2) is 46.2 Å². The summed E-state index contributed by atoms with van der Waals surface area (Å²) in [6.07, 6.45) is 4.17. The molecule has 1 saturated carbocycles. The molecule has 1 fully saturated rings. The van der Waals surface area contributed by atoms with Crippen molar-refractivity contribution >= 4 is 22.9 Å². The van der Waals surface area contributed by atoms with Gasteiger partial charge in [0.15, 0.2) is 11.5 Å². The molecule has 0 aliphatic heterocycles. The van der Waals surface area contributed by atoms with Crippen LogP contribution in [0.1, 0.15) is 19.8 Å². The number of nitrogens with zero attached hydrogens (tertiary/aromatic N) is 4. The first-order chi connectivity index (χ1) is 9.70. The molecule has 7 nitrogen and oxygen atoms in total. The van der Waals surface area contributed by atoms with Crippen molar-refractivity contribution in [1.29, 1.82) is 0 Å². The lowest BCUT2D eigenvalue weighted by atomic mass is 10.2. The van der Waals surface area contributed by atoms with Gasteiger partial charge in [-0.15, -0.1) is 0 Å². The lowest BCUT2D eigenvalue weighted by molar-refractivity contribution is 0.202. The average Bonchev–Trinajstić information content (AvgIpc) is 3.17. The van der Waals surface area contributed by atoms with Crippen molar-refractivity contribution in [3.05, 3.63) is 6.33 Å². The Labute approximate surface area is 117 Å². The maximum atomic E-state index is 5.81. The maximum absolute atomic E-state index is 5.81. The van der Waals surface area contributed by atoms with Crippen LogP contribution in [0.5, 0.6) is 0 Å². The minimum absolute atomic E-state index is 0.255. The van der Waals surface area contributed by atoms with Crippen LogP contribution in [0.2, 0.25) is 0 Å². The predicted molar refractivity (Wildman–Crippen MR) is 77.5 cm³/mol. The van der Waals surface area contributed by atoms with Crippen LogP contribution in [0.15, 0.2) is 6.33 Å². The summed E-state index contributed by atoms with van der Waals surface area (Å²) in [6.45, 7) is 3.66. The van der Waals surface area contributed by atoms with Gasteiger partial charge in [-0.2, -0.15) is 9.97 Å². The zero-order valence-corrected chi connectivity index (χ0v) is 11.8. The molecule has 1 atom stereocenters. The Kier molecular flexibility index (Phi) is 3.43. The number of nitrogens with one attached hydrogen (secondary N) is 1. The van der Waals surface area contributed by atoms with Gasteiger partial charge >= 0.3 is 0 Å². The predicted octanol–water partition coefficient (Wildman–Crippen LogP) is 1.19. The van der Waals surface area contributed by atoms with Crippen molar-refractivity contribution in [3.63, 3.8) is 0 Å². The number of nitrogen functional groups attached to an aromatic ring is 1. The summed E-state index contributed by atoms with van der Waals surface area (Å²) in [6, 6.07) is 0.408. The number of aromatic nitrogens is 4. The Hall–Kier alpha value is -1.89. The molecule has 108 valence electrons. The highest BCUT2D eigenvalue weighted by atomic mass is 16.5. The zero-order valence-electron chi connectivity index (χ0n) is 11.8. The van der Waals surface area contributed by atoms with E-state index in [9.17, 15) is 0 Å². The second-order valence-corrected chi connectivity index (χ2v) is 5.27. The van der Waals surface area contributed by atoms with Crippen LogP contribution in [-0.2, 0) is 4.74 Å². The molecular formula is C13H20N6O. The molecule has 3 rings (SSSR count). The molecule has 2 aromatic heterocycles. The number of aromatic amines is 1. The van der Waals surface area contributed by atoms with Crippen molar-refractivity contribution in [2.45, 2.75) is 25.8 Å². The number of fused-ring (bicyclic) bond motifs is 1. The molecule has 0 saturated heterocycles. The third kappa shape index (κ3) is 2.40. The standard InChI is InChI=1S/C13H20N6O/c1-8(9-3-4-9)19(5-6-20-2)12-10-11(16-7-15-10)17-13(14)18-12/h7-9H,3-6H2,1-2H3,(H3,14,15,16,17,18). The SMILES string of the molecule is COCCN(c1nc(N)nc2nc[nH]c12)C(C)C1CC1. The van der Waals surface area contributed by atoms with Gasteiger partial charge < -0.3 is 20.4 Å². The molecule has 20 heavy (non-hydrogen) atoms. The summed E-state index contributed by atoms with van der Waals surface area (Å²) in [5.74, 6) is 1.80. The highest BCUT2D eigenvalue weighted by Crippen LogP contribution is 2.37. The fourth-order valence-corrected chi connectivity index (χ4v) is 2.57. The van der Waals surface area contributed by atoms with E-state index >= 15 is 0 Å². The van der Waals surface area contributed by atoms with Gasteiger partial charge in [0, 0.05) is 19.7 Å². The number of hydrogen-bond donors (Lipinski definition) is 2. The summed E-state index contributed by atoms with van der Waals surface area (Å²) >= 11 is 0. The van der Waals surface area contributed by atoms with Crippen LogP contribution in [0, 0.1) is 5.92 Å². The van der Waals surface area contributed by atoms with Crippen molar-refractivity contribution in [2.75, 3.05) is 30.9 Å². The second kappa shape index (κ2) is 5.24. The summed E-state index contributed by atoms with van der Waals surface area (Å²) in [5, 5.41) is 0. The third-order valence-corrected chi connectivity index (χ3v) is 3.89. The van der Waals surface area contributed by atoms with E-state index in [1.807, 2.05) is 0 Å². The molecule has 7 heteroatoms. The number of hydrogen-bond acceptors (Lipinski definition) is 6. The molecule has 0 bridgehead atoms. The largest absolute Gasteiger partial charge is 0.383 e. The van der Waals surface area contributed by atoms with Gasteiger partial charge in [0.05, 0.1) is 12.9 Å². The van der Waals surface area contributed by atoms with Crippen LogP contribution < -0.4 is 10.6 Å². The van der Waals surface area contributed by atoms with Crippen molar-refractivity contribution in [3.8, 4) is 0 Å². The Morgan fingerprint density at radius 3 is 3.00 bits per heavy atom. The van der Waals surface area contributed by atoms with Gasteiger partial charge in [-0.1, -0.05) is 0 Å². The molecule has 1 aliphatic carbocycles. The quantitative estimate of drug-likeness (QED) is 0.823. The number of imidazole rings is 1. The Balaban J connectivity index is 2.00. The molecule has 1 aliphatic rings. The molecule has 2 heterocycles. The second-order valence-electron chi connectivity index (χ2n) is 5.27. The molecular weight excluding hydrogens is 256 g/mol. The molecule has 1 unspecified atom stereocenters. The van der Waals surface area contributed by atoms with Gasteiger partial charge in [-0.3, -0.25) is 0 Å². The van der Waals surface area contributed by atoms with E-state index in [-0.39, 0.29) is 5.95 Å². The van der Waals surface area contributed by atoms with E-state index in [0.29, 0.717) is 18.3 Å². The van der Waals surface area contributed by atoms with Gasteiger partial charge in [0.2, 0.25) is 5.95 Å². The molecule has 0 aromatic carbocycles. The highest BCUT2D eigenvalue weighted by molar-refractivity contribution is 5.84. The van der Waals surface area contributed by atoms with E-state index < -0.39 is 0 Å². The Morgan fingerprint density at radius 2 is 2.30 bits per heavy atom. The molecule has 0 amide bonds. The normalized spacial score (nSPS) is 16.5. The lowest BCUT2D eigenvalue weighted by Gasteiger charge is -2.30. The average molecular weight is 276 g/mol. The van der Waals surface area contributed by atoms with Crippen LogP contribution in [0.4, 0.5) is 11.8 Å². The monoisotopic (exact) mass is 276 g/mol. The van der Waals surface area contributed by atoms with E-state index in [2.05, 4.69) is 31.8 Å². The molecule has 3 N–H and O–H groups in total. The molecule has 2 aromatic rings. The summed E-state index contributed by atoms with van der Waals surface area (Å²) in [7, 11) is 1.71.